The lowest BCUT2D eigenvalue weighted by Crippen LogP contribution is -1.99. The van der Waals surface area contributed by atoms with Crippen LogP contribution in [0.1, 0.15) is 12.0 Å². The zero-order chi connectivity index (χ0) is 10.9. The summed E-state index contributed by atoms with van der Waals surface area (Å²) in [6.45, 7) is 0. The highest BCUT2D eigenvalue weighted by Gasteiger charge is 2.17. The predicted octanol–water partition coefficient (Wildman–Crippen LogP) is 2.20. The molecule has 1 aliphatic rings. The van der Waals surface area contributed by atoms with Crippen LogP contribution < -0.4 is 4.52 Å². The Balaban J connectivity index is 2.24. The quantitative estimate of drug-likeness (QED) is 0.783. The van der Waals surface area contributed by atoms with Gasteiger partial charge in [-0.25, -0.2) is 4.57 Å². The zero-order valence-electron chi connectivity index (χ0n) is 7.92. The fraction of sp³-hybridized carbons (Fsp3) is 0.333. The third-order valence-corrected chi connectivity index (χ3v) is 3.76. The molecule has 2 N–H and O–H groups in total. The summed E-state index contributed by atoms with van der Waals surface area (Å²) in [5.74, 6) is 1.34. The fourth-order valence-electron chi connectivity index (χ4n) is 1.53. The third-order valence-electron chi connectivity index (χ3n) is 2.10. The average Bonchev–Trinajstić information content (AvgIpc) is 2.15. The van der Waals surface area contributed by atoms with Crippen molar-refractivity contribution in [2.75, 3.05) is 5.75 Å². The molecule has 0 atom stereocenters. The Labute approximate surface area is 91.9 Å². The van der Waals surface area contributed by atoms with Gasteiger partial charge in [0.25, 0.3) is 0 Å². The number of fused-ring (bicyclic) bond motifs is 1. The molecule has 2 rings (SSSR count). The number of hydrogen-bond donors (Lipinski definition) is 2. The van der Waals surface area contributed by atoms with Crippen molar-refractivity contribution in [1.29, 1.82) is 0 Å². The fourth-order valence-corrected chi connectivity index (χ4v) is 2.94. The Morgan fingerprint density at radius 3 is 2.93 bits per heavy atom. The van der Waals surface area contributed by atoms with Crippen LogP contribution in [0.5, 0.6) is 5.75 Å². The molecule has 0 aliphatic carbocycles. The monoisotopic (exact) mass is 246 g/mol. The van der Waals surface area contributed by atoms with Crippen molar-refractivity contribution in [2.45, 2.75) is 17.7 Å². The van der Waals surface area contributed by atoms with Gasteiger partial charge in [0.15, 0.2) is 0 Å². The molecule has 82 valence electrons. The molecule has 1 aromatic rings. The predicted molar refractivity (Wildman–Crippen MR) is 58.2 cm³/mol. The third kappa shape index (κ3) is 2.98. The van der Waals surface area contributed by atoms with Crippen molar-refractivity contribution in [3.05, 3.63) is 23.8 Å². The summed E-state index contributed by atoms with van der Waals surface area (Å²) in [6.07, 6.45) is 2.04. The SMILES string of the molecule is O=P(O)(O)Oc1ccc2c(c1)CCCS2. The van der Waals surface area contributed by atoms with Crippen molar-refractivity contribution in [3.63, 3.8) is 0 Å². The summed E-state index contributed by atoms with van der Waals surface area (Å²) < 4.78 is 15.2. The van der Waals surface area contributed by atoms with Crippen molar-refractivity contribution < 1.29 is 18.9 Å². The highest BCUT2D eigenvalue weighted by molar-refractivity contribution is 7.99. The molecule has 1 aliphatic heterocycles. The van der Waals surface area contributed by atoms with E-state index >= 15 is 0 Å². The zero-order valence-corrected chi connectivity index (χ0v) is 9.63. The molecule has 0 saturated carbocycles. The van der Waals surface area contributed by atoms with Gasteiger partial charge in [0, 0.05) is 4.90 Å². The highest BCUT2D eigenvalue weighted by atomic mass is 32.2. The first-order valence-corrected chi connectivity index (χ1v) is 7.07. The second-order valence-electron chi connectivity index (χ2n) is 3.30. The average molecular weight is 246 g/mol. The smallest absolute Gasteiger partial charge is 0.404 e. The molecule has 0 bridgehead atoms. The van der Waals surface area contributed by atoms with Crippen molar-refractivity contribution in [2.24, 2.45) is 0 Å². The number of benzene rings is 1. The summed E-state index contributed by atoms with van der Waals surface area (Å²) in [4.78, 5) is 18.5. The van der Waals surface area contributed by atoms with E-state index in [1.165, 1.54) is 4.90 Å². The van der Waals surface area contributed by atoms with Gasteiger partial charge in [0.2, 0.25) is 0 Å². The standard InChI is InChI=1S/C9H11O4PS/c10-14(11,12)13-8-3-4-9-7(6-8)2-1-5-15-9/h3-4,6H,1-2,5H2,(H2,10,11,12). The van der Waals surface area contributed by atoms with Gasteiger partial charge < -0.3 is 4.52 Å². The summed E-state index contributed by atoms with van der Waals surface area (Å²) in [5.41, 5.74) is 1.11. The highest BCUT2D eigenvalue weighted by Crippen LogP contribution is 2.40. The van der Waals surface area contributed by atoms with E-state index in [4.69, 9.17) is 9.79 Å². The lowest BCUT2D eigenvalue weighted by molar-refractivity contribution is 0.283. The first-order valence-electron chi connectivity index (χ1n) is 4.55. The van der Waals surface area contributed by atoms with E-state index in [2.05, 4.69) is 4.52 Å². The Morgan fingerprint density at radius 2 is 2.20 bits per heavy atom. The molecule has 0 radical (unpaired) electrons. The van der Waals surface area contributed by atoms with Crippen molar-refractivity contribution >= 4 is 19.6 Å². The van der Waals surface area contributed by atoms with Crippen molar-refractivity contribution in [3.8, 4) is 5.75 Å². The van der Waals surface area contributed by atoms with Crippen LogP contribution in [0, 0.1) is 0 Å². The van der Waals surface area contributed by atoms with Gasteiger partial charge in [-0.3, -0.25) is 9.79 Å². The lowest BCUT2D eigenvalue weighted by atomic mass is 10.1. The molecule has 0 unspecified atom stereocenters. The van der Waals surface area contributed by atoms with Crippen LogP contribution in [-0.2, 0) is 11.0 Å². The van der Waals surface area contributed by atoms with Gasteiger partial charge in [-0.15, -0.1) is 11.8 Å². The maximum Gasteiger partial charge on any atom is 0.524 e. The minimum Gasteiger partial charge on any atom is -0.404 e. The molecule has 0 aromatic heterocycles. The van der Waals surface area contributed by atoms with Gasteiger partial charge in [0.05, 0.1) is 0 Å². The Hall–Kier alpha value is -0.480. The van der Waals surface area contributed by atoms with Gasteiger partial charge >= 0.3 is 7.82 Å². The minimum atomic E-state index is -4.43. The van der Waals surface area contributed by atoms with Gasteiger partial charge in [0.1, 0.15) is 5.75 Å². The topological polar surface area (TPSA) is 66.8 Å². The molecule has 1 aromatic carbocycles. The molecule has 0 saturated heterocycles. The molecule has 0 amide bonds. The lowest BCUT2D eigenvalue weighted by Gasteiger charge is -2.16. The Morgan fingerprint density at radius 1 is 1.40 bits per heavy atom. The maximum atomic E-state index is 10.6. The maximum absolute atomic E-state index is 10.6. The van der Waals surface area contributed by atoms with Crippen molar-refractivity contribution in [1.82, 2.24) is 0 Å². The molecule has 1 heterocycles. The molecule has 0 spiro atoms. The second-order valence-corrected chi connectivity index (χ2v) is 5.60. The van der Waals surface area contributed by atoms with Crippen LogP contribution >= 0.6 is 19.6 Å². The normalized spacial score (nSPS) is 15.9. The van der Waals surface area contributed by atoms with E-state index in [0.29, 0.717) is 0 Å². The molecule has 6 heteroatoms. The summed E-state index contributed by atoms with van der Waals surface area (Å²) >= 11 is 1.77. The van der Waals surface area contributed by atoms with E-state index in [1.54, 1.807) is 23.9 Å². The second kappa shape index (κ2) is 4.18. The molecule has 0 fully saturated rings. The summed E-state index contributed by atoms with van der Waals surface area (Å²) in [6, 6.07) is 5.15. The van der Waals surface area contributed by atoms with Crippen LogP contribution in [0.2, 0.25) is 0 Å². The largest absolute Gasteiger partial charge is 0.524 e. The van der Waals surface area contributed by atoms with Crippen LogP contribution in [0.4, 0.5) is 0 Å². The number of hydrogen-bond acceptors (Lipinski definition) is 3. The molecular weight excluding hydrogens is 235 g/mol. The number of rotatable bonds is 2. The van der Waals surface area contributed by atoms with Gasteiger partial charge in [-0.05, 0) is 42.4 Å². The minimum absolute atomic E-state index is 0.240. The first-order chi connectivity index (χ1) is 7.04. The van der Waals surface area contributed by atoms with Crippen LogP contribution in [-0.4, -0.2) is 15.5 Å². The molecular formula is C9H11O4PS. The number of aryl methyl sites for hydroxylation is 1. The van der Waals surface area contributed by atoms with E-state index in [1.807, 2.05) is 6.07 Å². The Bertz CT molecular complexity index is 415. The van der Waals surface area contributed by atoms with Crippen LogP contribution in [0.25, 0.3) is 0 Å². The van der Waals surface area contributed by atoms with Crippen LogP contribution in [0.3, 0.4) is 0 Å². The number of phosphoric ester groups is 1. The van der Waals surface area contributed by atoms with Crippen LogP contribution in [0.15, 0.2) is 23.1 Å². The van der Waals surface area contributed by atoms with E-state index in [0.717, 1.165) is 24.2 Å². The number of thioether (sulfide) groups is 1. The number of phosphoric acid groups is 1. The summed E-state index contributed by atoms with van der Waals surface area (Å²) in [5, 5.41) is 0. The molecule has 15 heavy (non-hydrogen) atoms. The summed E-state index contributed by atoms with van der Waals surface area (Å²) in [7, 11) is -4.43. The molecule has 4 nitrogen and oxygen atoms in total. The van der Waals surface area contributed by atoms with Gasteiger partial charge in [-0.2, -0.15) is 0 Å². The van der Waals surface area contributed by atoms with E-state index in [-0.39, 0.29) is 5.75 Å². The van der Waals surface area contributed by atoms with E-state index < -0.39 is 7.82 Å². The van der Waals surface area contributed by atoms with Gasteiger partial charge in [-0.1, -0.05) is 0 Å². The van der Waals surface area contributed by atoms with E-state index in [9.17, 15) is 4.57 Å². The first kappa shape index (κ1) is 11.0. The Kier molecular flexibility index (Phi) is 3.07.